The number of carbonyl (C=O) groups excluding carboxylic acids is 1. The molecule has 3 rings (SSSR count). The number of nitrogens with zero attached hydrogens (tertiary/aromatic N) is 2. The lowest BCUT2D eigenvalue weighted by Crippen LogP contribution is -2.17. The third-order valence-electron chi connectivity index (χ3n) is 3.58. The van der Waals surface area contributed by atoms with E-state index in [4.69, 9.17) is 5.26 Å². The maximum absolute atomic E-state index is 12.0. The summed E-state index contributed by atoms with van der Waals surface area (Å²) < 4.78 is 0. The fourth-order valence-corrected chi connectivity index (χ4v) is 2.34. The van der Waals surface area contributed by atoms with Crippen LogP contribution in [-0.2, 0) is 0 Å². The minimum Gasteiger partial charge on any atom is -0.507 e. The number of hydrazone groups is 1. The monoisotopic (exact) mass is 315 g/mol. The highest BCUT2D eigenvalue weighted by Crippen LogP contribution is 2.25. The molecule has 24 heavy (non-hydrogen) atoms. The highest BCUT2D eigenvalue weighted by molar-refractivity contribution is 6.03. The molecule has 0 bridgehead atoms. The van der Waals surface area contributed by atoms with E-state index >= 15 is 0 Å². The number of benzene rings is 3. The molecule has 0 saturated carbocycles. The van der Waals surface area contributed by atoms with Gasteiger partial charge in [0.2, 0.25) is 0 Å². The molecule has 0 radical (unpaired) electrons. The second-order valence-electron chi connectivity index (χ2n) is 5.11. The zero-order chi connectivity index (χ0) is 16.9. The molecule has 0 fully saturated rings. The van der Waals surface area contributed by atoms with Gasteiger partial charge in [-0.15, -0.1) is 0 Å². The van der Waals surface area contributed by atoms with Crippen LogP contribution in [0.4, 0.5) is 0 Å². The van der Waals surface area contributed by atoms with Gasteiger partial charge < -0.3 is 5.11 Å². The number of hydrogen-bond donors (Lipinski definition) is 2. The number of nitriles is 1. The summed E-state index contributed by atoms with van der Waals surface area (Å²) in [6.07, 6.45) is 1.42. The van der Waals surface area contributed by atoms with Gasteiger partial charge in [-0.25, -0.2) is 5.43 Å². The maximum atomic E-state index is 12.0. The van der Waals surface area contributed by atoms with Gasteiger partial charge >= 0.3 is 0 Å². The molecule has 5 heteroatoms. The Morgan fingerprint density at radius 1 is 1.08 bits per heavy atom. The second kappa shape index (κ2) is 6.63. The number of phenolic OH excluding ortho intramolecular Hbond substituents is 1. The first-order valence-electron chi connectivity index (χ1n) is 7.23. The first kappa shape index (κ1) is 15.3. The molecule has 0 aliphatic carbocycles. The first-order valence-corrected chi connectivity index (χ1v) is 7.23. The van der Waals surface area contributed by atoms with Gasteiger partial charge in [0.15, 0.2) is 0 Å². The summed E-state index contributed by atoms with van der Waals surface area (Å²) in [6, 6.07) is 19.2. The van der Waals surface area contributed by atoms with Crippen molar-refractivity contribution in [2.24, 2.45) is 5.10 Å². The number of hydrogen-bond acceptors (Lipinski definition) is 4. The molecule has 0 unspecified atom stereocenters. The van der Waals surface area contributed by atoms with Crippen molar-refractivity contribution in [1.82, 2.24) is 5.43 Å². The minimum absolute atomic E-state index is 0.0880. The van der Waals surface area contributed by atoms with Crippen LogP contribution in [0.1, 0.15) is 21.5 Å². The lowest BCUT2D eigenvalue weighted by Gasteiger charge is -2.05. The molecule has 0 aromatic heterocycles. The van der Waals surface area contributed by atoms with E-state index in [1.807, 2.05) is 36.4 Å². The molecule has 0 heterocycles. The summed E-state index contributed by atoms with van der Waals surface area (Å²) in [4.78, 5) is 12.0. The Hall–Kier alpha value is -3.65. The summed E-state index contributed by atoms with van der Waals surface area (Å²) in [7, 11) is 0. The molecule has 116 valence electrons. The van der Waals surface area contributed by atoms with E-state index in [2.05, 4.69) is 10.5 Å². The Balaban J connectivity index is 1.80. The van der Waals surface area contributed by atoms with Gasteiger partial charge in [0.05, 0.1) is 17.8 Å². The Bertz CT molecular complexity index is 970. The molecule has 3 aromatic rings. The quantitative estimate of drug-likeness (QED) is 0.575. The number of amides is 1. The molecule has 2 N–H and O–H groups in total. The number of rotatable bonds is 3. The normalized spacial score (nSPS) is 10.6. The van der Waals surface area contributed by atoms with Crippen LogP contribution in [0.25, 0.3) is 10.8 Å². The van der Waals surface area contributed by atoms with Crippen molar-refractivity contribution in [3.8, 4) is 11.8 Å². The van der Waals surface area contributed by atoms with Crippen LogP contribution in [0.3, 0.4) is 0 Å². The van der Waals surface area contributed by atoms with Gasteiger partial charge in [-0.1, -0.05) is 30.3 Å². The standard InChI is InChI=1S/C19H13N3O2/c20-11-13-5-7-15(8-6-13)19(24)22-21-12-17-16-4-2-1-3-14(16)9-10-18(17)23/h1-10,12,23H,(H,22,24)/b21-12-. The molecule has 0 aliphatic heterocycles. The van der Waals surface area contributed by atoms with Gasteiger partial charge in [-0.3, -0.25) is 4.79 Å². The van der Waals surface area contributed by atoms with E-state index in [9.17, 15) is 9.90 Å². The summed E-state index contributed by atoms with van der Waals surface area (Å²) >= 11 is 0. The number of phenols is 1. The molecular weight excluding hydrogens is 302 g/mol. The molecule has 0 aliphatic rings. The number of carbonyl (C=O) groups is 1. The van der Waals surface area contributed by atoms with E-state index in [1.54, 1.807) is 30.3 Å². The van der Waals surface area contributed by atoms with E-state index in [0.29, 0.717) is 16.7 Å². The highest BCUT2D eigenvalue weighted by atomic mass is 16.3. The zero-order valence-corrected chi connectivity index (χ0v) is 12.6. The Labute approximate surface area is 138 Å². The maximum Gasteiger partial charge on any atom is 0.271 e. The number of aromatic hydroxyl groups is 1. The zero-order valence-electron chi connectivity index (χ0n) is 12.6. The molecule has 0 saturated heterocycles. The minimum atomic E-state index is -0.393. The SMILES string of the molecule is N#Cc1ccc(C(=O)N/N=C\c2c(O)ccc3ccccc23)cc1. The Morgan fingerprint density at radius 2 is 1.83 bits per heavy atom. The van der Waals surface area contributed by atoms with Crippen LogP contribution in [0.15, 0.2) is 65.8 Å². The lowest BCUT2D eigenvalue weighted by atomic mass is 10.0. The van der Waals surface area contributed by atoms with Crippen molar-refractivity contribution in [2.45, 2.75) is 0 Å². The van der Waals surface area contributed by atoms with Gasteiger partial charge in [0.1, 0.15) is 5.75 Å². The lowest BCUT2D eigenvalue weighted by molar-refractivity contribution is 0.0955. The van der Waals surface area contributed by atoms with Gasteiger partial charge in [-0.05, 0) is 41.1 Å². The van der Waals surface area contributed by atoms with Gasteiger partial charge in [-0.2, -0.15) is 10.4 Å². The van der Waals surface area contributed by atoms with E-state index in [0.717, 1.165) is 10.8 Å². The van der Waals surface area contributed by atoms with Gasteiger partial charge in [0.25, 0.3) is 5.91 Å². The fraction of sp³-hybridized carbons (Fsp3) is 0. The average molecular weight is 315 g/mol. The van der Waals surface area contributed by atoms with Crippen molar-refractivity contribution >= 4 is 22.9 Å². The molecule has 0 atom stereocenters. The molecule has 3 aromatic carbocycles. The first-order chi connectivity index (χ1) is 11.7. The van der Waals surface area contributed by atoms with Gasteiger partial charge in [0, 0.05) is 11.1 Å². The smallest absolute Gasteiger partial charge is 0.271 e. The van der Waals surface area contributed by atoms with Crippen molar-refractivity contribution in [3.05, 3.63) is 77.4 Å². The second-order valence-corrected chi connectivity index (χ2v) is 5.11. The van der Waals surface area contributed by atoms with Crippen molar-refractivity contribution in [3.63, 3.8) is 0 Å². The van der Waals surface area contributed by atoms with Crippen LogP contribution >= 0.6 is 0 Å². The van der Waals surface area contributed by atoms with E-state index < -0.39 is 5.91 Å². The predicted octanol–water partition coefficient (Wildman–Crippen LogP) is 3.18. The topological polar surface area (TPSA) is 85.5 Å². The Morgan fingerprint density at radius 3 is 2.58 bits per heavy atom. The third-order valence-corrected chi connectivity index (χ3v) is 3.58. The van der Waals surface area contributed by atoms with Crippen LogP contribution in [0, 0.1) is 11.3 Å². The molecule has 5 nitrogen and oxygen atoms in total. The molecule has 1 amide bonds. The van der Waals surface area contributed by atoms with E-state index in [1.165, 1.54) is 6.21 Å². The highest BCUT2D eigenvalue weighted by Gasteiger charge is 2.06. The van der Waals surface area contributed by atoms with Crippen LogP contribution in [0.2, 0.25) is 0 Å². The summed E-state index contributed by atoms with van der Waals surface area (Å²) in [5.74, 6) is -0.305. The van der Waals surface area contributed by atoms with Crippen LogP contribution < -0.4 is 5.43 Å². The average Bonchev–Trinajstić information content (AvgIpc) is 2.63. The number of nitrogens with one attached hydrogen (secondary N) is 1. The molecular formula is C19H13N3O2. The third kappa shape index (κ3) is 3.08. The largest absolute Gasteiger partial charge is 0.507 e. The summed E-state index contributed by atoms with van der Waals surface area (Å²) in [5.41, 5.74) is 3.83. The number of fused-ring (bicyclic) bond motifs is 1. The van der Waals surface area contributed by atoms with Crippen molar-refractivity contribution < 1.29 is 9.90 Å². The van der Waals surface area contributed by atoms with Crippen LogP contribution in [0.5, 0.6) is 5.75 Å². The van der Waals surface area contributed by atoms with Crippen LogP contribution in [-0.4, -0.2) is 17.2 Å². The molecule has 0 spiro atoms. The summed E-state index contributed by atoms with van der Waals surface area (Å²) in [5, 5.41) is 24.5. The van der Waals surface area contributed by atoms with Crippen molar-refractivity contribution in [1.29, 1.82) is 5.26 Å². The Kier molecular flexibility index (Phi) is 4.21. The van der Waals surface area contributed by atoms with E-state index in [-0.39, 0.29) is 5.75 Å². The predicted molar refractivity (Wildman–Crippen MR) is 91.8 cm³/mol. The summed E-state index contributed by atoms with van der Waals surface area (Å²) in [6.45, 7) is 0. The fourth-order valence-electron chi connectivity index (χ4n) is 2.34. The van der Waals surface area contributed by atoms with Crippen molar-refractivity contribution in [2.75, 3.05) is 0 Å².